The quantitative estimate of drug-likeness (QED) is 0.777. The lowest BCUT2D eigenvalue weighted by Crippen LogP contribution is -2.22. The van der Waals surface area contributed by atoms with Crippen LogP contribution in [0.1, 0.15) is 18.5 Å². The van der Waals surface area contributed by atoms with Gasteiger partial charge in [0, 0.05) is 6.04 Å². The van der Waals surface area contributed by atoms with Crippen molar-refractivity contribution in [2.45, 2.75) is 13.0 Å². The number of hydrogen-bond acceptors (Lipinski definition) is 4. The third-order valence-corrected chi connectivity index (χ3v) is 2.90. The first kappa shape index (κ1) is 14.0. The van der Waals surface area contributed by atoms with E-state index in [0.717, 1.165) is 5.69 Å². The Labute approximate surface area is 118 Å². The molecule has 0 aliphatic heterocycles. The number of nitrogens with one attached hydrogen (secondary N) is 2. The number of anilines is 2. The molecule has 2 aromatic rings. The lowest BCUT2D eigenvalue weighted by molar-refractivity contribution is -0.114. The summed E-state index contributed by atoms with van der Waals surface area (Å²) in [7, 11) is 0. The van der Waals surface area contributed by atoms with Gasteiger partial charge in [-0.25, -0.2) is 4.98 Å². The Hall–Kier alpha value is -2.40. The molecule has 1 aromatic heterocycles. The van der Waals surface area contributed by atoms with Crippen molar-refractivity contribution in [3.8, 4) is 0 Å². The van der Waals surface area contributed by atoms with Crippen LogP contribution in [0.4, 0.5) is 11.5 Å². The monoisotopic (exact) mass is 270 g/mol. The van der Waals surface area contributed by atoms with Crippen molar-refractivity contribution in [3.63, 3.8) is 0 Å². The molecule has 0 aliphatic carbocycles. The van der Waals surface area contributed by atoms with Gasteiger partial charge in [0.25, 0.3) is 0 Å². The third-order valence-electron chi connectivity index (χ3n) is 2.90. The van der Waals surface area contributed by atoms with E-state index in [1.54, 1.807) is 12.3 Å². The largest absolute Gasteiger partial charge is 0.377 e. The van der Waals surface area contributed by atoms with E-state index in [1.165, 1.54) is 5.56 Å². The van der Waals surface area contributed by atoms with E-state index in [-0.39, 0.29) is 18.5 Å². The van der Waals surface area contributed by atoms with Gasteiger partial charge in [-0.2, -0.15) is 0 Å². The summed E-state index contributed by atoms with van der Waals surface area (Å²) in [6.45, 7) is 2.03. The average Bonchev–Trinajstić information content (AvgIpc) is 2.50. The fraction of sp³-hybridized carbons (Fsp3) is 0.200. The number of rotatable bonds is 5. The highest BCUT2D eigenvalue weighted by Gasteiger charge is 2.05. The van der Waals surface area contributed by atoms with Crippen LogP contribution in [0.5, 0.6) is 0 Å². The van der Waals surface area contributed by atoms with Crippen molar-refractivity contribution in [2.75, 3.05) is 17.2 Å². The zero-order valence-electron chi connectivity index (χ0n) is 11.3. The summed E-state index contributed by atoms with van der Waals surface area (Å²) in [6.07, 6.45) is 1.69. The maximum Gasteiger partial charge on any atom is 0.239 e. The Balaban J connectivity index is 1.98. The average molecular weight is 270 g/mol. The van der Waals surface area contributed by atoms with Gasteiger partial charge in [0.1, 0.15) is 5.82 Å². The molecule has 0 bridgehead atoms. The van der Waals surface area contributed by atoms with Gasteiger partial charge in [-0.3, -0.25) is 4.79 Å². The van der Waals surface area contributed by atoms with Crippen molar-refractivity contribution < 1.29 is 4.79 Å². The smallest absolute Gasteiger partial charge is 0.239 e. The van der Waals surface area contributed by atoms with Crippen molar-refractivity contribution in [1.29, 1.82) is 0 Å². The summed E-state index contributed by atoms with van der Waals surface area (Å²) in [5.74, 6) is 0.245. The van der Waals surface area contributed by atoms with Gasteiger partial charge in [0.15, 0.2) is 0 Å². The Morgan fingerprint density at radius 2 is 2.00 bits per heavy atom. The molecule has 0 fully saturated rings. The van der Waals surface area contributed by atoms with E-state index < -0.39 is 0 Å². The van der Waals surface area contributed by atoms with Gasteiger partial charge in [0.2, 0.25) is 5.91 Å². The summed E-state index contributed by atoms with van der Waals surface area (Å²) >= 11 is 0. The Morgan fingerprint density at radius 3 is 2.60 bits per heavy atom. The number of hydrogen-bond donors (Lipinski definition) is 3. The summed E-state index contributed by atoms with van der Waals surface area (Å²) in [4.78, 5) is 15.3. The highest BCUT2D eigenvalue weighted by atomic mass is 16.1. The number of nitrogens with two attached hydrogens (primary N) is 1. The van der Waals surface area contributed by atoms with Crippen molar-refractivity contribution in [3.05, 3.63) is 54.2 Å². The SMILES string of the molecule is CC(Nc1ccc(NC(=O)CN)nc1)c1ccccc1. The Kier molecular flexibility index (Phi) is 4.68. The molecule has 1 amide bonds. The molecular formula is C15H18N4O. The van der Waals surface area contributed by atoms with Crippen LogP contribution >= 0.6 is 0 Å². The van der Waals surface area contributed by atoms with E-state index in [4.69, 9.17) is 5.73 Å². The third kappa shape index (κ3) is 3.80. The molecule has 5 heteroatoms. The van der Waals surface area contributed by atoms with Crippen LogP contribution < -0.4 is 16.4 Å². The van der Waals surface area contributed by atoms with E-state index >= 15 is 0 Å². The second-order valence-corrected chi connectivity index (χ2v) is 4.46. The molecular weight excluding hydrogens is 252 g/mol. The lowest BCUT2D eigenvalue weighted by atomic mass is 10.1. The number of aromatic nitrogens is 1. The highest BCUT2D eigenvalue weighted by Crippen LogP contribution is 2.19. The normalized spacial score (nSPS) is 11.7. The molecule has 0 radical (unpaired) electrons. The summed E-state index contributed by atoms with van der Waals surface area (Å²) in [5.41, 5.74) is 7.33. The molecule has 1 unspecified atom stereocenters. The number of carbonyl (C=O) groups excluding carboxylic acids is 1. The first-order valence-corrected chi connectivity index (χ1v) is 6.46. The van der Waals surface area contributed by atoms with Crippen molar-refractivity contribution >= 4 is 17.4 Å². The predicted molar refractivity (Wildman–Crippen MR) is 80.4 cm³/mol. The second kappa shape index (κ2) is 6.68. The molecule has 0 spiro atoms. The topological polar surface area (TPSA) is 80.0 Å². The molecule has 104 valence electrons. The molecule has 1 heterocycles. The van der Waals surface area contributed by atoms with E-state index in [0.29, 0.717) is 5.82 Å². The van der Waals surface area contributed by atoms with Crippen molar-refractivity contribution in [1.82, 2.24) is 4.98 Å². The van der Waals surface area contributed by atoms with E-state index in [1.807, 2.05) is 24.3 Å². The zero-order chi connectivity index (χ0) is 14.4. The van der Waals surface area contributed by atoms with Crippen LogP contribution in [0.15, 0.2) is 48.7 Å². The standard InChI is InChI=1S/C15H18N4O/c1-11(12-5-3-2-4-6-12)18-13-7-8-14(17-10-13)19-15(20)9-16/h2-8,10-11,18H,9,16H2,1H3,(H,17,19,20). The van der Waals surface area contributed by atoms with Crippen molar-refractivity contribution in [2.24, 2.45) is 5.73 Å². The lowest BCUT2D eigenvalue weighted by Gasteiger charge is -2.15. The molecule has 20 heavy (non-hydrogen) atoms. The van der Waals surface area contributed by atoms with Gasteiger partial charge in [0.05, 0.1) is 18.4 Å². The maximum atomic E-state index is 11.1. The number of nitrogens with zero attached hydrogens (tertiary/aromatic N) is 1. The maximum absolute atomic E-state index is 11.1. The van der Waals surface area contributed by atoms with Gasteiger partial charge < -0.3 is 16.4 Å². The van der Waals surface area contributed by atoms with Crippen LogP contribution in [-0.4, -0.2) is 17.4 Å². The van der Waals surface area contributed by atoms with E-state index in [9.17, 15) is 4.79 Å². The second-order valence-electron chi connectivity index (χ2n) is 4.46. The molecule has 0 saturated heterocycles. The summed E-state index contributed by atoms with van der Waals surface area (Å²) < 4.78 is 0. The first-order valence-electron chi connectivity index (χ1n) is 6.46. The van der Waals surface area contributed by atoms with Crippen LogP contribution in [0.25, 0.3) is 0 Å². The van der Waals surface area contributed by atoms with Crippen LogP contribution in [0.3, 0.4) is 0 Å². The minimum absolute atomic E-state index is 0.0489. The van der Waals surface area contributed by atoms with Gasteiger partial charge in [-0.05, 0) is 24.6 Å². The number of benzene rings is 1. The number of amides is 1. The summed E-state index contributed by atoms with van der Waals surface area (Å²) in [5, 5.41) is 5.95. The minimum Gasteiger partial charge on any atom is -0.377 e. The first-order chi connectivity index (χ1) is 9.69. The molecule has 0 saturated carbocycles. The fourth-order valence-corrected chi connectivity index (χ4v) is 1.82. The Morgan fingerprint density at radius 1 is 1.25 bits per heavy atom. The molecule has 0 aliphatic rings. The van der Waals surface area contributed by atoms with Gasteiger partial charge >= 0.3 is 0 Å². The highest BCUT2D eigenvalue weighted by molar-refractivity contribution is 5.91. The zero-order valence-corrected chi connectivity index (χ0v) is 11.3. The molecule has 2 rings (SSSR count). The molecule has 1 atom stereocenters. The van der Waals surface area contributed by atoms with Crippen LogP contribution in [-0.2, 0) is 4.79 Å². The molecule has 1 aromatic carbocycles. The number of pyridine rings is 1. The van der Waals surface area contributed by atoms with E-state index in [2.05, 4.69) is 34.7 Å². The predicted octanol–water partition coefficient (Wildman–Crippen LogP) is 2.15. The minimum atomic E-state index is -0.254. The molecule has 5 nitrogen and oxygen atoms in total. The van der Waals surface area contributed by atoms with Gasteiger partial charge in [-0.15, -0.1) is 0 Å². The molecule has 4 N–H and O–H groups in total. The number of carbonyl (C=O) groups is 1. The Bertz CT molecular complexity index is 554. The van der Waals surface area contributed by atoms with Crippen LogP contribution in [0, 0.1) is 0 Å². The fourth-order valence-electron chi connectivity index (χ4n) is 1.82. The van der Waals surface area contributed by atoms with Crippen LogP contribution in [0.2, 0.25) is 0 Å². The summed E-state index contributed by atoms with van der Waals surface area (Å²) in [6, 6.07) is 14.0. The van der Waals surface area contributed by atoms with Gasteiger partial charge in [-0.1, -0.05) is 30.3 Å².